The lowest BCUT2D eigenvalue weighted by Gasteiger charge is -2.46. The van der Waals surface area contributed by atoms with Gasteiger partial charge in [0.2, 0.25) is 5.91 Å². The lowest BCUT2D eigenvalue weighted by molar-refractivity contribution is -0.140. The summed E-state index contributed by atoms with van der Waals surface area (Å²) >= 11 is 0. The molecule has 3 rings (SSSR count). The molecule has 24 heavy (non-hydrogen) atoms. The van der Waals surface area contributed by atoms with Crippen LogP contribution in [0.25, 0.3) is 0 Å². The normalized spacial score (nSPS) is 22.5. The Morgan fingerprint density at radius 3 is 2.38 bits per heavy atom. The van der Waals surface area contributed by atoms with E-state index < -0.39 is 0 Å². The molecule has 2 aliphatic rings. The van der Waals surface area contributed by atoms with Crippen LogP contribution in [-0.2, 0) is 4.79 Å². The van der Waals surface area contributed by atoms with Gasteiger partial charge in [0.05, 0.1) is 5.92 Å². The molecular weight excluding hydrogens is 320 g/mol. The van der Waals surface area contributed by atoms with Crippen molar-refractivity contribution >= 4 is 18.3 Å². The van der Waals surface area contributed by atoms with Gasteiger partial charge in [-0.15, -0.1) is 12.4 Å². The minimum Gasteiger partial charge on any atom is -0.342 e. The van der Waals surface area contributed by atoms with Crippen LogP contribution in [0.3, 0.4) is 0 Å². The molecule has 2 atom stereocenters. The maximum atomic E-state index is 13.0. The van der Waals surface area contributed by atoms with Gasteiger partial charge in [0, 0.05) is 19.1 Å². The van der Waals surface area contributed by atoms with Crippen LogP contribution < -0.4 is 5.73 Å². The first-order valence-electron chi connectivity index (χ1n) is 9.21. The van der Waals surface area contributed by atoms with E-state index in [2.05, 4.69) is 4.90 Å². The van der Waals surface area contributed by atoms with E-state index in [1.807, 2.05) is 37.3 Å². The molecule has 0 radical (unpaired) electrons. The zero-order valence-corrected chi connectivity index (χ0v) is 15.6. The third kappa shape index (κ3) is 4.12. The highest BCUT2D eigenvalue weighted by atomic mass is 35.5. The Hall–Kier alpha value is -1.06. The van der Waals surface area contributed by atoms with Gasteiger partial charge in [-0.3, -0.25) is 4.79 Å². The molecule has 2 fully saturated rings. The molecule has 1 amide bonds. The second-order valence-electron chi connectivity index (χ2n) is 7.65. The van der Waals surface area contributed by atoms with Crippen LogP contribution in [0.15, 0.2) is 30.3 Å². The first-order chi connectivity index (χ1) is 11.1. The summed E-state index contributed by atoms with van der Waals surface area (Å²) in [6, 6.07) is 9.79. The average Bonchev–Trinajstić information content (AvgIpc) is 2.61. The minimum absolute atomic E-state index is 0. The fraction of sp³-hybridized carbons (Fsp3) is 0.650. The summed E-state index contributed by atoms with van der Waals surface area (Å²) in [5, 5.41) is 0. The molecule has 2 unspecified atom stereocenters. The molecule has 1 heterocycles. The third-order valence-corrected chi connectivity index (χ3v) is 6.00. The number of carbonyl (C=O) groups excluding carboxylic acids is 1. The van der Waals surface area contributed by atoms with Gasteiger partial charge >= 0.3 is 0 Å². The maximum Gasteiger partial charge on any atom is 0.227 e. The number of halogens is 1. The summed E-state index contributed by atoms with van der Waals surface area (Å²) in [7, 11) is 0. The van der Waals surface area contributed by atoms with E-state index in [4.69, 9.17) is 5.73 Å². The highest BCUT2D eigenvalue weighted by Gasteiger charge is 2.39. The molecular formula is C20H31ClN2O. The van der Waals surface area contributed by atoms with Crippen molar-refractivity contribution in [1.29, 1.82) is 0 Å². The Morgan fingerprint density at radius 1 is 1.08 bits per heavy atom. The Balaban J connectivity index is 0.00000208. The molecule has 1 aromatic carbocycles. The molecule has 4 heteroatoms. The van der Waals surface area contributed by atoms with Crippen molar-refractivity contribution in [3.8, 4) is 0 Å². The monoisotopic (exact) mass is 350 g/mol. The second-order valence-corrected chi connectivity index (χ2v) is 7.65. The summed E-state index contributed by atoms with van der Waals surface area (Å²) < 4.78 is 0. The fourth-order valence-corrected chi connectivity index (χ4v) is 4.51. The molecule has 1 aliphatic carbocycles. The average molecular weight is 351 g/mol. The van der Waals surface area contributed by atoms with Gasteiger partial charge in [0.15, 0.2) is 0 Å². The molecule has 3 nitrogen and oxygen atoms in total. The van der Waals surface area contributed by atoms with Gasteiger partial charge in [-0.1, -0.05) is 56.5 Å². The Bertz CT molecular complexity index is 522. The number of nitrogens with zero attached hydrogens (tertiary/aromatic N) is 1. The van der Waals surface area contributed by atoms with Gasteiger partial charge < -0.3 is 10.6 Å². The van der Waals surface area contributed by atoms with Crippen molar-refractivity contribution < 1.29 is 4.79 Å². The van der Waals surface area contributed by atoms with Crippen molar-refractivity contribution in [1.82, 2.24) is 4.90 Å². The quantitative estimate of drug-likeness (QED) is 0.882. The van der Waals surface area contributed by atoms with Gasteiger partial charge in [0.1, 0.15) is 0 Å². The topological polar surface area (TPSA) is 46.3 Å². The SMILES string of the molecule is CC(C(=O)N1CCCC2(CCCCC2)C1)C(N)c1ccccc1.Cl. The number of likely N-dealkylation sites (tertiary alicyclic amines) is 1. The fourth-order valence-electron chi connectivity index (χ4n) is 4.51. The Kier molecular flexibility index (Phi) is 6.70. The predicted octanol–water partition coefficient (Wildman–Crippen LogP) is 4.32. The molecule has 2 N–H and O–H groups in total. The van der Waals surface area contributed by atoms with Crippen LogP contribution in [0.4, 0.5) is 0 Å². The van der Waals surface area contributed by atoms with Crippen LogP contribution in [0.5, 0.6) is 0 Å². The summed E-state index contributed by atoms with van der Waals surface area (Å²) in [6.45, 7) is 3.85. The number of nitrogens with two attached hydrogens (primary N) is 1. The van der Waals surface area contributed by atoms with Crippen molar-refractivity contribution in [3.05, 3.63) is 35.9 Å². The van der Waals surface area contributed by atoms with Crippen LogP contribution in [0.1, 0.15) is 63.5 Å². The molecule has 134 valence electrons. The van der Waals surface area contributed by atoms with Crippen LogP contribution >= 0.6 is 12.4 Å². The first kappa shape index (κ1) is 19.3. The summed E-state index contributed by atoms with van der Waals surface area (Å²) in [6.07, 6.45) is 9.09. The zero-order chi connectivity index (χ0) is 16.3. The van der Waals surface area contributed by atoms with Crippen molar-refractivity contribution in [2.75, 3.05) is 13.1 Å². The zero-order valence-electron chi connectivity index (χ0n) is 14.7. The van der Waals surface area contributed by atoms with Gasteiger partial charge in [-0.05, 0) is 36.7 Å². The number of hydrogen-bond acceptors (Lipinski definition) is 2. The highest BCUT2D eigenvalue weighted by molar-refractivity contribution is 5.85. The van der Waals surface area contributed by atoms with Crippen molar-refractivity contribution in [3.63, 3.8) is 0 Å². The van der Waals surface area contributed by atoms with Crippen LogP contribution in [0.2, 0.25) is 0 Å². The van der Waals surface area contributed by atoms with E-state index >= 15 is 0 Å². The van der Waals surface area contributed by atoms with Crippen LogP contribution in [0, 0.1) is 11.3 Å². The van der Waals surface area contributed by atoms with Crippen molar-refractivity contribution in [2.24, 2.45) is 17.1 Å². The van der Waals surface area contributed by atoms with E-state index in [1.54, 1.807) is 0 Å². The minimum atomic E-state index is -0.215. The summed E-state index contributed by atoms with van der Waals surface area (Å²) in [5.74, 6) is 0.0853. The van der Waals surface area contributed by atoms with Crippen LogP contribution in [-0.4, -0.2) is 23.9 Å². The number of benzene rings is 1. The lowest BCUT2D eigenvalue weighted by Crippen LogP contribution is -2.49. The molecule has 0 aromatic heterocycles. The standard InChI is InChI=1S/C20H30N2O.ClH/c1-16(18(21)17-9-4-2-5-10-17)19(23)22-14-8-13-20(15-22)11-6-3-7-12-20;/h2,4-5,9-10,16,18H,3,6-8,11-15,21H2,1H3;1H. The van der Waals surface area contributed by atoms with Crippen molar-refractivity contribution in [2.45, 2.75) is 57.9 Å². The summed E-state index contributed by atoms with van der Waals surface area (Å²) in [5.41, 5.74) is 7.83. The highest BCUT2D eigenvalue weighted by Crippen LogP contribution is 2.43. The smallest absolute Gasteiger partial charge is 0.227 e. The van der Waals surface area contributed by atoms with Gasteiger partial charge in [-0.25, -0.2) is 0 Å². The van der Waals surface area contributed by atoms with E-state index in [0.29, 0.717) is 5.41 Å². The lowest BCUT2D eigenvalue weighted by atomic mass is 9.69. The molecule has 0 bridgehead atoms. The number of amides is 1. The first-order valence-corrected chi connectivity index (χ1v) is 9.21. The van der Waals surface area contributed by atoms with E-state index in [1.165, 1.54) is 38.5 Å². The van der Waals surface area contributed by atoms with E-state index in [-0.39, 0.29) is 30.3 Å². The Labute approximate surface area is 152 Å². The number of hydrogen-bond donors (Lipinski definition) is 1. The van der Waals surface area contributed by atoms with E-state index in [9.17, 15) is 4.79 Å². The number of piperidine rings is 1. The molecule has 1 saturated heterocycles. The number of rotatable bonds is 3. The van der Waals surface area contributed by atoms with Gasteiger partial charge in [-0.2, -0.15) is 0 Å². The Morgan fingerprint density at radius 2 is 1.71 bits per heavy atom. The third-order valence-electron chi connectivity index (χ3n) is 6.00. The van der Waals surface area contributed by atoms with Gasteiger partial charge in [0.25, 0.3) is 0 Å². The second kappa shape index (κ2) is 8.35. The summed E-state index contributed by atoms with van der Waals surface area (Å²) in [4.78, 5) is 15.1. The van der Waals surface area contributed by atoms with E-state index in [0.717, 1.165) is 25.1 Å². The molecule has 1 aliphatic heterocycles. The maximum absolute atomic E-state index is 13.0. The predicted molar refractivity (Wildman–Crippen MR) is 101 cm³/mol. The largest absolute Gasteiger partial charge is 0.342 e. The molecule has 1 aromatic rings. The number of carbonyl (C=O) groups is 1. The molecule has 1 saturated carbocycles. The molecule has 1 spiro atoms.